The van der Waals surface area contributed by atoms with Crippen molar-refractivity contribution in [3.8, 4) is 0 Å². The third kappa shape index (κ3) is 2.72. The van der Waals surface area contributed by atoms with E-state index in [1.54, 1.807) is 0 Å². The zero-order valence-electron chi connectivity index (χ0n) is 14.6. The number of aryl methyl sites for hydroxylation is 2. The molecular weight excluding hydrogens is 302 g/mol. The number of H-pyrrole nitrogens is 1. The number of aromatic amines is 1. The molecule has 5 nitrogen and oxygen atoms in total. The van der Waals surface area contributed by atoms with Gasteiger partial charge in [-0.25, -0.2) is 0 Å². The lowest BCUT2D eigenvalue weighted by Crippen LogP contribution is -2.45. The van der Waals surface area contributed by atoms with Crippen LogP contribution in [0.5, 0.6) is 0 Å². The first-order chi connectivity index (χ1) is 11.5. The van der Waals surface area contributed by atoms with Crippen molar-refractivity contribution < 1.29 is 9.53 Å². The minimum absolute atomic E-state index is 0.0222. The minimum Gasteiger partial charge on any atom is -0.376 e. The quantitative estimate of drug-likeness (QED) is 0.890. The van der Waals surface area contributed by atoms with Gasteiger partial charge in [0.25, 0.3) is 5.91 Å². The SMILES string of the molecule is Cc1[nH]c2ccc(C(=O)N[C@H]3C[C@H]4CO[C@@H](C)CN4C3)cc2c1C. The van der Waals surface area contributed by atoms with Crippen LogP contribution in [0.15, 0.2) is 18.2 Å². The van der Waals surface area contributed by atoms with Gasteiger partial charge in [-0.3, -0.25) is 9.69 Å². The molecule has 2 fully saturated rings. The molecule has 2 aliphatic rings. The third-order valence-electron chi connectivity index (χ3n) is 5.50. The van der Waals surface area contributed by atoms with Crippen molar-refractivity contribution in [2.45, 2.75) is 45.4 Å². The zero-order chi connectivity index (χ0) is 16.8. The number of nitrogens with one attached hydrogen (secondary N) is 2. The number of benzene rings is 1. The number of nitrogens with zero attached hydrogens (tertiary/aromatic N) is 1. The van der Waals surface area contributed by atoms with E-state index in [9.17, 15) is 4.79 Å². The molecule has 5 heteroatoms. The van der Waals surface area contributed by atoms with Gasteiger partial charge in [0.1, 0.15) is 0 Å². The molecule has 128 valence electrons. The Morgan fingerprint density at radius 1 is 1.33 bits per heavy atom. The molecule has 2 aliphatic heterocycles. The Labute approximate surface area is 142 Å². The van der Waals surface area contributed by atoms with E-state index in [0.29, 0.717) is 6.04 Å². The van der Waals surface area contributed by atoms with Crippen LogP contribution in [0, 0.1) is 13.8 Å². The van der Waals surface area contributed by atoms with Gasteiger partial charge in [-0.1, -0.05) is 0 Å². The number of ether oxygens (including phenoxy) is 1. The molecular formula is C19H25N3O2. The molecule has 3 atom stereocenters. The number of aromatic nitrogens is 1. The van der Waals surface area contributed by atoms with Gasteiger partial charge in [0.2, 0.25) is 0 Å². The molecule has 2 N–H and O–H groups in total. The Kier molecular flexibility index (Phi) is 3.85. The maximum Gasteiger partial charge on any atom is 0.251 e. The van der Waals surface area contributed by atoms with Gasteiger partial charge in [0, 0.05) is 47.3 Å². The molecule has 2 aromatic rings. The van der Waals surface area contributed by atoms with Crippen LogP contribution in [-0.4, -0.2) is 53.7 Å². The smallest absolute Gasteiger partial charge is 0.251 e. The van der Waals surface area contributed by atoms with Crippen LogP contribution in [0.4, 0.5) is 0 Å². The average Bonchev–Trinajstić information content (AvgIpc) is 3.07. The summed E-state index contributed by atoms with van der Waals surface area (Å²) in [5.41, 5.74) is 4.19. The molecule has 1 aromatic heterocycles. The van der Waals surface area contributed by atoms with Gasteiger partial charge in [-0.2, -0.15) is 0 Å². The second kappa shape index (κ2) is 5.90. The van der Waals surface area contributed by atoms with Crippen molar-refractivity contribution in [3.05, 3.63) is 35.0 Å². The van der Waals surface area contributed by atoms with Crippen molar-refractivity contribution in [1.29, 1.82) is 0 Å². The molecule has 0 bridgehead atoms. The second-order valence-corrected chi connectivity index (χ2v) is 7.29. The van der Waals surface area contributed by atoms with E-state index in [2.05, 4.69) is 36.0 Å². The maximum atomic E-state index is 12.7. The average molecular weight is 327 g/mol. The lowest BCUT2D eigenvalue weighted by molar-refractivity contribution is -0.0390. The number of hydrogen-bond donors (Lipinski definition) is 2. The van der Waals surface area contributed by atoms with Crippen LogP contribution in [0.3, 0.4) is 0 Å². The van der Waals surface area contributed by atoms with Crippen molar-refractivity contribution in [2.24, 2.45) is 0 Å². The highest BCUT2D eigenvalue weighted by Gasteiger charge is 2.36. The zero-order valence-corrected chi connectivity index (χ0v) is 14.6. The van der Waals surface area contributed by atoms with E-state index in [-0.39, 0.29) is 18.1 Å². The molecule has 24 heavy (non-hydrogen) atoms. The first-order valence-electron chi connectivity index (χ1n) is 8.76. The molecule has 1 aromatic carbocycles. The van der Waals surface area contributed by atoms with E-state index in [1.165, 1.54) is 5.56 Å². The molecule has 4 rings (SSSR count). The largest absolute Gasteiger partial charge is 0.376 e. The topological polar surface area (TPSA) is 57.4 Å². The van der Waals surface area contributed by atoms with Crippen LogP contribution in [0.25, 0.3) is 10.9 Å². The number of amides is 1. The number of fused-ring (bicyclic) bond motifs is 2. The van der Waals surface area contributed by atoms with E-state index in [0.717, 1.165) is 48.3 Å². The summed E-state index contributed by atoms with van der Waals surface area (Å²) in [5, 5.41) is 4.34. The second-order valence-electron chi connectivity index (χ2n) is 7.29. The number of carbonyl (C=O) groups excluding carboxylic acids is 1. The normalized spacial score (nSPS) is 27.4. The standard InChI is InChI=1S/C19H25N3O2/c1-11-8-22-9-15(7-16(22)10-24-11)21-19(23)14-4-5-18-17(6-14)12(2)13(3)20-18/h4-6,11,15-16,20H,7-10H2,1-3H3,(H,21,23)/t11-,15-,16-/m0/s1. The molecule has 0 radical (unpaired) electrons. The van der Waals surface area contributed by atoms with Gasteiger partial charge in [0.05, 0.1) is 12.7 Å². The van der Waals surface area contributed by atoms with Crippen LogP contribution < -0.4 is 5.32 Å². The molecule has 0 aliphatic carbocycles. The van der Waals surface area contributed by atoms with Gasteiger partial charge in [-0.15, -0.1) is 0 Å². The Morgan fingerprint density at radius 2 is 2.17 bits per heavy atom. The highest BCUT2D eigenvalue weighted by Crippen LogP contribution is 2.25. The van der Waals surface area contributed by atoms with Crippen molar-refractivity contribution in [1.82, 2.24) is 15.2 Å². The van der Waals surface area contributed by atoms with Gasteiger partial charge < -0.3 is 15.0 Å². The number of rotatable bonds is 2. The lowest BCUT2D eigenvalue weighted by atomic mass is 10.1. The molecule has 0 unspecified atom stereocenters. The number of hydrogen-bond acceptors (Lipinski definition) is 3. The first-order valence-corrected chi connectivity index (χ1v) is 8.76. The number of morpholine rings is 1. The maximum absolute atomic E-state index is 12.7. The summed E-state index contributed by atoms with van der Waals surface area (Å²) >= 11 is 0. The fourth-order valence-electron chi connectivity index (χ4n) is 4.02. The molecule has 0 saturated carbocycles. The summed E-state index contributed by atoms with van der Waals surface area (Å²) in [6.45, 7) is 8.93. The van der Waals surface area contributed by atoms with Crippen LogP contribution >= 0.6 is 0 Å². The van der Waals surface area contributed by atoms with Crippen LogP contribution in [0.2, 0.25) is 0 Å². The molecule has 1 amide bonds. The fraction of sp³-hybridized carbons (Fsp3) is 0.526. The van der Waals surface area contributed by atoms with E-state index >= 15 is 0 Å². The summed E-state index contributed by atoms with van der Waals surface area (Å²) in [4.78, 5) is 18.5. The van der Waals surface area contributed by atoms with Gasteiger partial charge in [0.15, 0.2) is 0 Å². The van der Waals surface area contributed by atoms with Crippen LogP contribution in [-0.2, 0) is 4.74 Å². The first kappa shape index (κ1) is 15.7. The van der Waals surface area contributed by atoms with Crippen molar-refractivity contribution in [2.75, 3.05) is 19.7 Å². The minimum atomic E-state index is 0.0222. The highest BCUT2D eigenvalue weighted by molar-refractivity contribution is 5.99. The van der Waals surface area contributed by atoms with Crippen LogP contribution in [0.1, 0.15) is 35.0 Å². The molecule has 0 spiro atoms. The summed E-state index contributed by atoms with van der Waals surface area (Å²) in [5.74, 6) is 0.0222. The summed E-state index contributed by atoms with van der Waals surface area (Å²) in [7, 11) is 0. The van der Waals surface area contributed by atoms with E-state index < -0.39 is 0 Å². The summed E-state index contributed by atoms with van der Waals surface area (Å²) in [6, 6.07) is 6.56. The van der Waals surface area contributed by atoms with Crippen molar-refractivity contribution >= 4 is 16.8 Å². The summed E-state index contributed by atoms with van der Waals surface area (Å²) < 4.78 is 5.74. The Balaban J connectivity index is 1.47. The number of carbonyl (C=O) groups is 1. The highest BCUT2D eigenvalue weighted by atomic mass is 16.5. The van der Waals surface area contributed by atoms with Crippen molar-refractivity contribution in [3.63, 3.8) is 0 Å². The fourth-order valence-corrected chi connectivity index (χ4v) is 4.02. The summed E-state index contributed by atoms with van der Waals surface area (Å²) in [6.07, 6.45) is 1.26. The Bertz CT molecular complexity index is 782. The predicted octanol–water partition coefficient (Wildman–Crippen LogP) is 2.38. The Morgan fingerprint density at radius 3 is 3.00 bits per heavy atom. The predicted molar refractivity (Wildman–Crippen MR) is 94.4 cm³/mol. The van der Waals surface area contributed by atoms with E-state index in [1.807, 2.05) is 18.2 Å². The monoisotopic (exact) mass is 327 g/mol. The van der Waals surface area contributed by atoms with Gasteiger partial charge in [-0.05, 0) is 51.0 Å². The van der Waals surface area contributed by atoms with Gasteiger partial charge >= 0.3 is 0 Å². The lowest BCUT2D eigenvalue weighted by Gasteiger charge is -2.33. The third-order valence-corrected chi connectivity index (χ3v) is 5.50. The molecule has 2 saturated heterocycles. The Hall–Kier alpha value is -1.85. The van der Waals surface area contributed by atoms with E-state index in [4.69, 9.17) is 4.74 Å². The molecule has 3 heterocycles.